The Bertz CT molecular complexity index is 1340. The molecule has 4 atom stereocenters. The van der Waals surface area contributed by atoms with Crippen LogP contribution in [0.15, 0.2) is 72.8 Å². The maximum Gasteiger partial charge on any atom is 0.269 e. The maximum atomic E-state index is 11.6. The predicted octanol–water partition coefficient (Wildman–Crippen LogP) is 4.66. The van der Waals surface area contributed by atoms with Crippen LogP contribution in [0.5, 0.6) is 0 Å². The monoisotopic (exact) mass is 560 g/mol. The molecular formula is C31H36N4O6. The summed E-state index contributed by atoms with van der Waals surface area (Å²) in [7, 11) is 0. The number of aliphatic hydroxyl groups is 1. The molecule has 0 saturated carbocycles. The number of rotatable bonds is 8. The van der Waals surface area contributed by atoms with Crippen LogP contribution in [0.3, 0.4) is 0 Å². The molecule has 0 radical (unpaired) electrons. The minimum Gasteiger partial charge on any atom is -0.392 e. The summed E-state index contributed by atoms with van der Waals surface area (Å²) in [5.41, 5.74) is 4.45. The van der Waals surface area contributed by atoms with E-state index in [4.69, 9.17) is 9.47 Å². The number of aliphatic hydroxyl groups excluding tert-OH is 1. The van der Waals surface area contributed by atoms with Gasteiger partial charge in [0.15, 0.2) is 6.29 Å². The molecule has 2 heterocycles. The molecule has 2 saturated heterocycles. The van der Waals surface area contributed by atoms with Crippen LogP contribution in [0, 0.1) is 16.0 Å². The van der Waals surface area contributed by atoms with Crippen LogP contribution in [-0.4, -0.2) is 59.7 Å². The van der Waals surface area contributed by atoms with Crippen molar-refractivity contribution in [3.05, 3.63) is 99.6 Å². The predicted molar refractivity (Wildman–Crippen MR) is 155 cm³/mol. The first-order chi connectivity index (χ1) is 19.8. The van der Waals surface area contributed by atoms with Crippen molar-refractivity contribution in [3.8, 4) is 0 Å². The van der Waals surface area contributed by atoms with Gasteiger partial charge < -0.3 is 24.8 Å². The maximum absolute atomic E-state index is 11.6. The van der Waals surface area contributed by atoms with Gasteiger partial charge >= 0.3 is 0 Å². The molecule has 0 spiro atoms. The lowest BCUT2D eigenvalue weighted by atomic mass is 9.90. The Morgan fingerprint density at radius 3 is 2.34 bits per heavy atom. The molecule has 2 aliphatic heterocycles. The van der Waals surface area contributed by atoms with Crippen molar-refractivity contribution in [1.29, 1.82) is 0 Å². The zero-order chi connectivity index (χ0) is 28.9. The molecule has 3 aromatic rings. The number of benzene rings is 3. The van der Waals surface area contributed by atoms with E-state index in [9.17, 15) is 20.0 Å². The fourth-order valence-corrected chi connectivity index (χ4v) is 5.52. The minimum absolute atomic E-state index is 0.0164. The highest BCUT2D eigenvalue weighted by Gasteiger charge is 2.39. The number of nitro benzene ring substituents is 1. The summed E-state index contributed by atoms with van der Waals surface area (Å²) >= 11 is 0. The largest absolute Gasteiger partial charge is 0.392 e. The Morgan fingerprint density at radius 2 is 1.71 bits per heavy atom. The Balaban J connectivity index is 1.31. The molecule has 2 fully saturated rings. The summed E-state index contributed by atoms with van der Waals surface area (Å²) in [5, 5.41) is 23.3. The first kappa shape index (κ1) is 28.7. The van der Waals surface area contributed by atoms with Gasteiger partial charge in [-0.05, 0) is 35.4 Å². The number of anilines is 2. The number of carbonyl (C=O) groups excluding carboxylic acids is 1. The standard InChI is InChI=1S/C31H36N4O6/c1-21-29(19-33-14-16-34(17-15-33)27-10-12-28(13-11-27)35(38)39)40-31(25-4-3-5-26(18-25)32-22(2)37)41-30(21)24-8-6-23(20-36)7-9-24/h3-13,18,21,29-31,36H,14-17,19-20H2,1-2H3,(H,32,37)/t21-,29+,30+,31+/m0/s1. The van der Waals surface area contributed by atoms with Gasteiger partial charge in [0.05, 0.1) is 23.7 Å². The SMILES string of the molecule is CC(=O)Nc1cccc([C@@H]2O[C@H](CN3CCN(c4ccc([N+](=O)[O-])cc4)CC3)[C@H](C)[C@H](c3ccc(CO)cc3)O2)c1. The normalized spacial score (nSPS) is 23.2. The minimum atomic E-state index is -0.617. The fourth-order valence-electron chi connectivity index (χ4n) is 5.52. The van der Waals surface area contributed by atoms with Gasteiger partial charge in [0, 0.05) is 74.6 Å². The van der Waals surface area contributed by atoms with Crippen molar-refractivity contribution in [2.75, 3.05) is 42.9 Å². The van der Waals surface area contributed by atoms with E-state index >= 15 is 0 Å². The number of carbonyl (C=O) groups is 1. The van der Waals surface area contributed by atoms with Crippen LogP contribution in [0.2, 0.25) is 0 Å². The number of hydrogen-bond donors (Lipinski definition) is 2. The van der Waals surface area contributed by atoms with Crippen molar-refractivity contribution >= 4 is 23.0 Å². The average Bonchev–Trinajstić information content (AvgIpc) is 2.98. The first-order valence-corrected chi connectivity index (χ1v) is 13.9. The molecule has 0 aromatic heterocycles. The molecule has 0 unspecified atom stereocenters. The highest BCUT2D eigenvalue weighted by Crippen LogP contribution is 2.42. The van der Waals surface area contributed by atoms with Gasteiger partial charge in [0.1, 0.15) is 0 Å². The molecule has 216 valence electrons. The van der Waals surface area contributed by atoms with E-state index in [1.807, 2.05) is 60.7 Å². The second kappa shape index (κ2) is 12.8. The molecule has 0 aliphatic carbocycles. The van der Waals surface area contributed by atoms with Crippen molar-refractivity contribution in [2.24, 2.45) is 5.92 Å². The number of non-ortho nitro benzene ring substituents is 1. The summed E-state index contributed by atoms with van der Waals surface area (Å²) in [4.78, 5) is 26.9. The summed E-state index contributed by atoms with van der Waals surface area (Å²) in [6, 6.07) is 22.1. The Hall–Kier alpha value is -3.83. The van der Waals surface area contributed by atoms with E-state index in [0.29, 0.717) is 5.69 Å². The second-order valence-electron chi connectivity index (χ2n) is 10.7. The lowest BCUT2D eigenvalue weighted by Crippen LogP contribution is -2.51. The van der Waals surface area contributed by atoms with Crippen LogP contribution in [-0.2, 0) is 20.9 Å². The third-order valence-electron chi connectivity index (χ3n) is 7.84. The van der Waals surface area contributed by atoms with Gasteiger partial charge in [-0.25, -0.2) is 0 Å². The zero-order valence-corrected chi connectivity index (χ0v) is 23.3. The van der Waals surface area contributed by atoms with Crippen LogP contribution >= 0.6 is 0 Å². The number of ether oxygens (including phenoxy) is 2. The van der Waals surface area contributed by atoms with E-state index in [1.54, 1.807) is 12.1 Å². The molecule has 10 heteroatoms. The Morgan fingerprint density at radius 1 is 1.00 bits per heavy atom. The van der Waals surface area contributed by atoms with Gasteiger partial charge in [-0.1, -0.05) is 43.3 Å². The smallest absolute Gasteiger partial charge is 0.269 e. The zero-order valence-electron chi connectivity index (χ0n) is 23.3. The van der Waals surface area contributed by atoms with E-state index in [1.165, 1.54) is 6.92 Å². The summed E-state index contributed by atoms with van der Waals surface area (Å²) in [6.45, 7) is 7.63. The second-order valence-corrected chi connectivity index (χ2v) is 10.7. The molecule has 3 aromatic carbocycles. The third kappa shape index (κ3) is 6.91. The van der Waals surface area contributed by atoms with Gasteiger partial charge in [-0.3, -0.25) is 19.8 Å². The fraction of sp³-hybridized carbons (Fsp3) is 0.387. The number of piperazine rings is 1. The van der Waals surface area contributed by atoms with E-state index < -0.39 is 6.29 Å². The highest BCUT2D eigenvalue weighted by atomic mass is 16.7. The molecule has 41 heavy (non-hydrogen) atoms. The molecule has 1 amide bonds. The molecule has 5 rings (SSSR count). The van der Waals surface area contributed by atoms with Crippen molar-refractivity contribution in [3.63, 3.8) is 0 Å². The Kier molecular flexibility index (Phi) is 8.94. The lowest BCUT2D eigenvalue weighted by Gasteiger charge is -2.44. The molecule has 10 nitrogen and oxygen atoms in total. The third-order valence-corrected chi connectivity index (χ3v) is 7.84. The lowest BCUT2D eigenvalue weighted by molar-refractivity contribution is -0.384. The summed E-state index contributed by atoms with van der Waals surface area (Å²) in [6.07, 6.45) is -0.960. The topological polar surface area (TPSA) is 117 Å². The van der Waals surface area contributed by atoms with Crippen LogP contribution in [0.25, 0.3) is 0 Å². The van der Waals surface area contributed by atoms with E-state index in [0.717, 1.165) is 55.1 Å². The van der Waals surface area contributed by atoms with Gasteiger partial charge in [0.25, 0.3) is 5.69 Å². The van der Waals surface area contributed by atoms with Crippen LogP contribution < -0.4 is 10.2 Å². The highest BCUT2D eigenvalue weighted by molar-refractivity contribution is 5.88. The van der Waals surface area contributed by atoms with Gasteiger partial charge in [-0.15, -0.1) is 0 Å². The Labute approximate surface area is 239 Å². The molecular weight excluding hydrogens is 524 g/mol. The number of nitrogens with zero attached hydrogens (tertiary/aromatic N) is 3. The summed E-state index contributed by atoms with van der Waals surface area (Å²) < 4.78 is 13.2. The van der Waals surface area contributed by atoms with Gasteiger partial charge in [0.2, 0.25) is 5.91 Å². The van der Waals surface area contributed by atoms with Gasteiger partial charge in [-0.2, -0.15) is 0 Å². The number of nitrogens with one attached hydrogen (secondary N) is 1. The van der Waals surface area contributed by atoms with E-state index in [-0.39, 0.29) is 41.3 Å². The first-order valence-electron chi connectivity index (χ1n) is 13.9. The summed E-state index contributed by atoms with van der Waals surface area (Å²) in [5.74, 6) is -0.0914. The van der Waals surface area contributed by atoms with Crippen LogP contribution in [0.1, 0.15) is 42.9 Å². The number of hydrogen-bond acceptors (Lipinski definition) is 8. The quantitative estimate of drug-likeness (QED) is 0.302. The molecule has 2 N–H and O–H groups in total. The number of amides is 1. The van der Waals surface area contributed by atoms with Crippen molar-refractivity contribution in [2.45, 2.75) is 39.0 Å². The van der Waals surface area contributed by atoms with Crippen LogP contribution in [0.4, 0.5) is 17.1 Å². The molecule has 0 bridgehead atoms. The molecule has 2 aliphatic rings. The number of nitro groups is 1. The van der Waals surface area contributed by atoms with Crippen molar-refractivity contribution < 1.29 is 24.3 Å². The van der Waals surface area contributed by atoms with E-state index in [2.05, 4.69) is 22.0 Å². The van der Waals surface area contributed by atoms with Crippen molar-refractivity contribution in [1.82, 2.24) is 4.90 Å². The average molecular weight is 561 g/mol.